The first kappa shape index (κ1) is 26.8. The van der Waals surface area contributed by atoms with Crippen LogP contribution in [0.25, 0.3) is 0 Å². The van der Waals surface area contributed by atoms with E-state index in [2.05, 4.69) is 32.2 Å². The highest BCUT2D eigenvalue weighted by Crippen LogP contribution is 2.48. The Balaban J connectivity index is 0.00000480. The fourth-order valence-corrected chi connectivity index (χ4v) is 4.34. The van der Waals surface area contributed by atoms with Crippen LogP contribution in [0, 0.1) is 13.3 Å². The summed E-state index contributed by atoms with van der Waals surface area (Å²) in [5, 5.41) is 21.2. The van der Waals surface area contributed by atoms with Crippen molar-refractivity contribution in [2.24, 2.45) is 5.92 Å². The third kappa shape index (κ3) is 6.60. The van der Waals surface area contributed by atoms with Gasteiger partial charge in [-0.15, -0.1) is 0 Å². The Morgan fingerprint density at radius 2 is 2.03 bits per heavy atom. The molecule has 5 N–H and O–H groups in total. The van der Waals surface area contributed by atoms with Crippen LogP contribution in [-0.2, 0) is 6.42 Å². The zero-order valence-electron chi connectivity index (χ0n) is 19.8. The molecule has 0 bridgehead atoms. The maximum absolute atomic E-state index is 12.1. The maximum atomic E-state index is 12.1. The van der Waals surface area contributed by atoms with Gasteiger partial charge in [0.05, 0.1) is 13.2 Å². The van der Waals surface area contributed by atoms with Crippen molar-refractivity contribution >= 4 is 5.97 Å². The third-order valence-electron chi connectivity index (χ3n) is 6.01. The van der Waals surface area contributed by atoms with Gasteiger partial charge in [0.1, 0.15) is 17.1 Å². The molecule has 1 aromatic rings. The lowest BCUT2D eigenvalue weighted by atomic mass is 9.73. The molecule has 0 amide bonds. The van der Waals surface area contributed by atoms with Gasteiger partial charge in [0.25, 0.3) is 0 Å². The number of hydrogen-bond donors (Lipinski definition) is 3. The van der Waals surface area contributed by atoms with Crippen molar-refractivity contribution in [3.63, 3.8) is 0 Å². The van der Waals surface area contributed by atoms with Gasteiger partial charge in [-0.2, -0.15) is 0 Å². The highest BCUT2D eigenvalue weighted by molar-refractivity contribution is 5.94. The van der Waals surface area contributed by atoms with Crippen LogP contribution in [0.2, 0.25) is 0 Å². The zero-order valence-corrected chi connectivity index (χ0v) is 19.8. The largest absolute Gasteiger partial charge is 0.507 e. The van der Waals surface area contributed by atoms with Gasteiger partial charge in [0.2, 0.25) is 0 Å². The van der Waals surface area contributed by atoms with Crippen LogP contribution < -0.4 is 10.5 Å². The van der Waals surface area contributed by atoms with E-state index in [-0.39, 0.29) is 30.6 Å². The number of ether oxygens (including phenoxy) is 1. The highest BCUT2D eigenvalue weighted by atomic mass is 16.5. The fraction of sp³-hybridized carbons (Fsp3) is 0.538. The summed E-state index contributed by atoms with van der Waals surface area (Å²) in [5.74, 6) is -0.646. The summed E-state index contributed by atoms with van der Waals surface area (Å²) < 4.78 is 6.10. The number of aromatic carboxylic acids is 1. The van der Waals surface area contributed by atoms with Gasteiger partial charge in [-0.25, -0.2) is 4.79 Å². The van der Waals surface area contributed by atoms with E-state index in [1.54, 1.807) is 0 Å². The first-order chi connectivity index (χ1) is 14.3. The maximum Gasteiger partial charge on any atom is 0.339 e. The minimum atomic E-state index is -1.09. The molecule has 31 heavy (non-hydrogen) atoms. The quantitative estimate of drug-likeness (QED) is 0.252. The lowest BCUT2D eigenvalue weighted by Gasteiger charge is -2.32. The number of phenols is 1. The molecule has 0 heterocycles. The number of unbranched alkanes of at least 4 members (excludes halogenated alkanes) is 2. The van der Waals surface area contributed by atoms with Gasteiger partial charge in [0, 0.05) is 17.9 Å². The smallest absolute Gasteiger partial charge is 0.339 e. The SMILES string of the molecule is C=C(C)C1CCC(C)=CC1c1c(OCCC[NH3+])cc(CCCCC)c(C(=O)O)c1O.[CH3-]. The second kappa shape index (κ2) is 12.6. The molecule has 1 aromatic carbocycles. The highest BCUT2D eigenvalue weighted by Gasteiger charge is 2.33. The van der Waals surface area contributed by atoms with Crippen LogP contribution in [0.1, 0.15) is 86.7 Å². The molecule has 2 atom stereocenters. The van der Waals surface area contributed by atoms with Gasteiger partial charge < -0.3 is 28.1 Å². The van der Waals surface area contributed by atoms with Gasteiger partial charge in [-0.1, -0.05) is 43.6 Å². The molecule has 174 valence electrons. The molecule has 0 aliphatic heterocycles. The van der Waals surface area contributed by atoms with Crippen molar-refractivity contribution in [1.29, 1.82) is 0 Å². The van der Waals surface area contributed by atoms with E-state index in [9.17, 15) is 15.0 Å². The number of hydrogen-bond acceptors (Lipinski definition) is 3. The van der Waals surface area contributed by atoms with Crippen molar-refractivity contribution < 1.29 is 25.5 Å². The molecule has 0 aromatic heterocycles. The van der Waals surface area contributed by atoms with Gasteiger partial charge in [-0.05, 0) is 57.1 Å². The molecule has 5 nitrogen and oxygen atoms in total. The molecular formula is C26H41NO4. The van der Waals surface area contributed by atoms with Crippen molar-refractivity contribution in [3.8, 4) is 11.5 Å². The summed E-state index contributed by atoms with van der Waals surface area (Å²) in [4.78, 5) is 12.1. The predicted octanol–water partition coefficient (Wildman–Crippen LogP) is 5.30. The van der Waals surface area contributed by atoms with Crippen LogP contribution in [0.5, 0.6) is 11.5 Å². The Labute approximate surface area is 188 Å². The second-order valence-corrected chi connectivity index (χ2v) is 8.52. The molecule has 0 fully saturated rings. The van der Waals surface area contributed by atoms with Gasteiger partial charge in [-0.3, -0.25) is 0 Å². The lowest BCUT2D eigenvalue weighted by Crippen LogP contribution is -2.50. The molecule has 0 saturated heterocycles. The van der Waals surface area contributed by atoms with Crippen molar-refractivity contribution in [1.82, 2.24) is 0 Å². The van der Waals surface area contributed by atoms with E-state index >= 15 is 0 Å². The Kier molecular flexibility index (Phi) is 10.8. The van der Waals surface area contributed by atoms with E-state index < -0.39 is 5.97 Å². The molecule has 1 aliphatic carbocycles. The molecular weight excluding hydrogens is 390 g/mol. The lowest BCUT2D eigenvalue weighted by molar-refractivity contribution is -0.368. The molecule has 1 aliphatic rings. The topological polar surface area (TPSA) is 94.4 Å². The van der Waals surface area contributed by atoms with Gasteiger partial charge in [0.15, 0.2) is 0 Å². The number of carboxylic acid groups (broad SMARTS) is 1. The average Bonchev–Trinajstić information content (AvgIpc) is 2.67. The standard InChI is InChI=1S/C25H37NO4.CH3/c1-5-6-7-9-18-15-21(30-13-8-12-26)23(24(27)22(18)25(28)29)20-14-17(4)10-11-19(20)16(2)3;/h14-15,19-20,27H,2,5-13,26H2,1,3-4H3,(H,28,29);1H3/q;-1/p+1. The number of quaternary nitrogens is 1. The van der Waals surface area contributed by atoms with Crippen LogP contribution in [0.3, 0.4) is 0 Å². The number of aromatic hydroxyl groups is 1. The normalized spacial score (nSPS) is 18.1. The number of benzene rings is 1. The molecule has 2 rings (SSSR count). The Bertz CT molecular complexity index is 797. The van der Waals surface area contributed by atoms with E-state index in [0.717, 1.165) is 50.6 Å². The van der Waals surface area contributed by atoms with Crippen LogP contribution in [0.4, 0.5) is 0 Å². The number of rotatable bonds is 11. The van der Waals surface area contributed by atoms with Crippen LogP contribution in [0.15, 0.2) is 29.9 Å². The molecule has 0 saturated carbocycles. The Morgan fingerprint density at radius 1 is 1.32 bits per heavy atom. The van der Waals surface area contributed by atoms with Gasteiger partial charge >= 0.3 is 5.97 Å². The molecule has 2 unspecified atom stereocenters. The minimum absolute atomic E-state index is 0. The zero-order chi connectivity index (χ0) is 22.3. The van der Waals surface area contributed by atoms with Crippen molar-refractivity contribution in [3.05, 3.63) is 54.0 Å². The molecule has 5 heteroatoms. The Morgan fingerprint density at radius 3 is 2.61 bits per heavy atom. The van der Waals surface area contributed by atoms with E-state index in [1.165, 1.54) is 5.57 Å². The summed E-state index contributed by atoms with van der Waals surface area (Å²) in [7, 11) is 0. The summed E-state index contributed by atoms with van der Waals surface area (Å²) in [5.41, 5.74) is 7.39. The number of carboxylic acids is 1. The average molecular weight is 432 g/mol. The van der Waals surface area contributed by atoms with E-state index in [4.69, 9.17) is 4.74 Å². The number of allylic oxidation sites excluding steroid dienone is 3. The number of aryl methyl sites for hydroxylation is 1. The Hall–Kier alpha value is -2.27. The van der Waals surface area contributed by atoms with Crippen LogP contribution in [-0.4, -0.2) is 29.3 Å². The first-order valence-corrected chi connectivity index (χ1v) is 11.2. The monoisotopic (exact) mass is 431 g/mol. The molecule has 0 spiro atoms. The number of carbonyl (C=O) groups is 1. The summed E-state index contributed by atoms with van der Waals surface area (Å²) >= 11 is 0. The third-order valence-corrected chi connectivity index (χ3v) is 6.01. The second-order valence-electron chi connectivity index (χ2n) is 8.52. The first-order valence-electron chi connectivity index (χ1n) is 11.2. The fourth-order valence-electron chi connectivity index (χ4n) is 4.34. The minimum Gasteiger partial charge on any atom is -0.507 e. The van der Waals surface area contributed by atoms with Crippen molar-refractivity contribution in [2.45, 2.75) is 71.6 Å². The summed E-state index contributed by atoms with van der Waals surface area (Å²) in [6.45, 7) is 11.6. The van der Waals surface area contributed by atoms with E-state index in [1.807, 2.05) is 13.0 Å². The van der Waals surface area contributed by atoms with E-state index in [0.29, 0.717) is 29.9 Å². The van der Waals surface area contributed by atoms with Crippen molar-refractivity contribution in [2.75, 3.05) is 13.2 Å². The summed E-state index contributed by atoms with van der Waals surface area (Å²) in [6, 6.07) is 1.85. The molecule has 0 radical (unpaired) electrons. The summed E-state index contributed by atoms with van der Waals surface area (Å²) in [6.07, 6.45) is 8.41. The van der Waals surface area contributed by atoms with Crippen LogP contribution >= 0.6 is 0 Å². The predicted molar refractivity (Wildman–Crippen MR) is 127 cm³/mol.